The summed E-state index contributed by atoms with van der Waals surface area (Å²) >= 11 is 0. The molecule has 0 bridgehead atoms. The van der Waals surface area contributed by atoms with E-state index in [1.54, 1.807) is 0 Å². The third kappa shape index (κ3) is 4.22. The molecule has 266 valence electrons. The average Bonchev–Trinajstić information content (AvgIpc) is 3.89. The predicted octanol–water partition coefficient (Wildman–Crippen LogP) is 12.9. The van der Waals surface area contributed by atoms with Crippen molar-refractivity contribution in [3.63, 3.8) is 0 Å². The molecule has 0 saturated heterocycles. The molecule has 0 aliphatic heterocycles. The highest BCUT2D eigenvalue weighted by molar-refractivity contribution is 6.12. The highest BCUT2D eigenvalue weighted by Gasteiger charge is 2.48. The van der Waals surface area contributed by atoms with E-state index in [0.29, 0.717) is 0 Å². The van der Waals surface area contributed by atoms with Crippen LogP contribution in [-0.2, 0) is 10.8 Å². The van der Waals surface area contributed by atoms with E-state index in [1.165, 1.54) is 88.6 Å². The summed E-state index contributed by atoms with van der Waals surface area (Å²) < 4.78 is 2.50. The molecule has 1 unspecified atom stereocenters. The Morgan fingerprint density at radius 1 is 0.333 bits per heavy atom. The molecule has 2 nitrogen and oxygen atoms in total. The minimum absolute atomic E-state index is 0.484. The molecule has 57 heavy (non-hydrogen) atoms. The Kier molecular flexibility index (Phi) is 6.80. The fourth-order valence-corrected chi connectivity index (χ4v) is 10.6. The third-order valence-electron chi connectivity index (χ3n) is 12.8. The van der Waals surface area contributed by atoms with E-state index in [1.807, 2.05) is 6.20 Å². The van der Waals surface area contributed by atoms with Crippen LogP contribution in [0.4, 0.5) is 0 Å². The lowest BCUT2D eigenvalue weighted by Crippen LogP contribution is -2.28. The number of benzene rings is 8. The van der Waals surface area contributed by atoms with Crippen LogP contribution in [0.25, 0.3) is 49.7 Å². The molecule has 0 saturated carbocycles. The first-order chi connectivity index (χ1) is 28.3. The largest absolute Gasteiger partial charge is 0.309 e. The molecular weight excluding hydrogens is 689 g/mol. The molecule has 2 heterocycles. The summed E-state index contributed by atoms with van der Waals surface area (Å²) in [4.78, 5) is 4.70. The average molecular weight is 725 g/mol. The van der Waals surface area contributed by atoms with Crippen molar-refractivity contribution in [1.82, 2.24) is 9.55 Å². The first-order valence-corrected chi connectivity index (χ1v) is 19.8. The fraction of sp³-hybridized carbons (Fsp3) is 0.0364. The number of hydrogen-bond donors (Lipinski definition) is 0. The van der Waals surface area contributed by atoms with E-state index in [9.17, 15) is 0 Å². The van der Waals surface area contributed by atoms with Gasteiger partial charge in [0, 0.05) is 28.9 Å². The molecule has 1 atom stereocenters. The van der Waals surface area contributed by atoms with Crippen LogP contribution in [0.1, 0.15) is 44.5 Å². The molecule has 12 rings (SSSR count). The van der Waals surface area contributed by atoms with Crippen molar-refractivity contribution in [3.05, 3.63) is 263 Å². The van der Waals surface area contributed by atoms with Gasteiger partial charge in [-0.3, -0.25) is 4.98 Å². The highest BCUT2D eigenvalue weighted by atomic mass is 15.0. The summed E-state index contributed by atoms with van der Waals surface area (Å²) in [5.74, 6) is 0. The molecule has 2 aliphatic rings. The van der Waals surface area contributed by atoms with Gasteiger partial charge in [-0.1, -0.05) is 170 Å². The highest BCUT2D eigenvalue weighted by Crippen LogP contribution is 2.59. The Hall–Kier alpha value is -7.29. The van der Waals surface area contributed by atoms with Crippen LogP contribution in [0, 0.1) is 0 Å². The summed E-state index contributed by atoms with van der Waals surface area (Å²) in [5, 5.41) is 2.48. The van der Waals surface area contributed by atoms with Crippen molar-refractivity contribution in [3.8, 4) is 27.9 Å². The van der Waals surface area contributed by atoms with Gasteiger partial charge in [-0.25, -0.2) is 0 Å². The van der Waals surface area contributed by atoms with Crippen LogP contribution in [0.2, 0.25) is 0 Å². The zero-order chi connectivity index (χ0) is 37.6. The quantitative estimate of drug-likeness (QED) is 0.173. The van der Waals surface area contributed by atoms with Gasteiger partial charge in [0.2, 0.25) is 0 Å². The van der Waals surface area contributed by atoms with E-state index in [0.717, 1.165) is 5.69 Å². The van der Waals surface area contributed by atoms with Gasteiger partial charge in [0.15, 0.2) is 0 Å². The van der Waals surface area contributed by atoms with Gasteiger partial charge in [-0.2, -0.15) is 0 Å². The van der Waals surface area contributed by atoms with Gasteiger partial charge >= 0.3 is 0 Å². The Morgan fingerprint density at radius 2 is 0.842 bits per heavy atom. The van der Waals surface area contributed by atoms with Crippen LogP contribution in [0.5, 0.6) is 0 Å². The Labute approximate surface area is 332 Å². The van der Waals surface area contributed by atoms with Crippen molar-refractivity contribution < 1.29 is 0 Å². The van der Waals surface area contributed by atoms with Crippen molar-refractivity contribution in [2.24, 2.45) is 0 Å². The first kappa shape index (κ1) is 32.0. The molecule has 2 aromatic heterocycles. The summed E-state index contributed by atoms with van der Waals surface area (Å²) in [7, 11) is 0. The topological polar surface area (TPSA) is 17.8 Å². The lowest BCUT2D eigenvalue weighted by molar-refractivity contribution is 0.764. The lowest BCUT2D eigenvalue weighted by atomic mass is 9.67. The second-order valence-corrected chi connectivity index (χ2v) is 15.4. The molecule has 0 fully saturated rings. The molecule has 0 radical (unpaired) electrons. The molecule has 2 heteroatoms. The van der Waals surface area contributed by atoms with Crippen LogP contribution in [0.3, 0.4) is 0 Å². The van der Waals surface area contributed by atoms with Gasteiger partial charge in [0.1, 0.15) is 0 Å². The lowest BCUT2D eigenvalue weighted by Gasteiger charge is -2.34. The standard InChI is InChI=1S/C55H36N2/c1-4-17-37(18-5-1)54(38-19-6-2-7-20-38)48-27-13-10-24-42(48)44-31-30-41(33-50(44)54)57-52-29-15-12-26-45(52)47-34-51-46(35-53(47)57)43-25-11-14-28-49(43)55(51,39-21-8-3-9-22-39)40-23-16-32-56-36-40/h1-36H. The Morgan fingerprint density at radius 3 is 1.47 bits per heavy atom. The van der Waals surface area contributed by atoms with Crippen LogP contribution >= 0.6 is 0 Å². The van der Waals surface area contributed by atoms with E-state index < -0.39 is 10.8 Å². The van der Waals surface area contributed by atoms with E-state index in [-0.39, 0.29) is 0 Å². The zero-order valence-electron chi connectivity index (χ0n) is 31.2. The van der Waals surface area contributed by atoms with E-state index >= 15 is 0 Å². The molecule has 8 aromatic carbocycles. The van der Waals surface area contributed by atoms with Gasteiger partial charge in [0.05, 0.1) is 21.9 Å². The third-order valence-corrected chi connectivity index (χ3v) is 12.8. The van der Waals surface area contributed by atoms with Gasteiger partial charge < -0.3 is 4.57 Å². The van der Waals surface area contributed by atoms with E-state index in [4.69, 9.17) is 4.98 Å². The fourth-order valence-electron chi connectivity index (χ4n) is 10.6. The SMILES string of the molecule is c1ccc(C2(c3ccccc3)c3ccccc3-c3ccc(-n4c5ccccc5c5cc6c(cc54)-c4ccccc4C6(c4ccccc4)c4cccnc4)cc32)cc1. The maximum absolute atomic E-state index is 4.70. The second kappa shape index (κ2) is 12.1. The van der Waals surface area contributed by atoms with Crippen LogP contribution in [0.15, 0.2) is 219 Å². The Bertz CT molecular complexity index is 3080. The molecule has 0 spiro atoms. The molecule has 0 amide bonds. The van der Waals surface area contributed by atoms with Crippen molar-refractivity contribution in [2.45, 2.75) is 10.8 Å². The number of rotatable bonds is 5. The first-order valence-electron chi connectivity index (χ1n) is 19.8. The maximum Gasteiger partial charge on any atom is 0.0728 e. The second-order valence-electron chi connectivity index (χ2n) is 15.4. The summed E-state index contributed by atoms with van der Waals surface area (Å²) in [6.45, 7) is 0. The van der Waals surface area contributed by atoms with Gasteiger partial charge in [-0.05, 0) is 103 Å². The Balaban J connectivity index is 1.18. The monoisotopic (exact) mass is 724 g/mol. The number of nitrogens with zero attached hydrogens (tertiary/aromatic N) is 2. The predicted molar refractivity (Wildman–Crippen MR) is 233 cm³/mol. The number of aromatic nitrogens is 2. The van der Waals surface area contributed by atoms with Crippen LogP contribution in [-0.4, -0.2) is 9.55 Å². The normalized spacial score (nSPS) is 15.9. The maximum atomic E-state index is 4.70. The summed E-state index contributed by atoms with van der Waals surface area (Å²) in [5.41, 5.74) is 17.7. The number of pyridine rings is 1. The van der Waals surface area contributed by atoms with Gasteiger partial charge in [0.25, 0.3) is 0 Å². The summed E-state index contributed by atoms with van der Waals surface area (Å²) in [6.07, 6.45) is 3.93. The smallest absolute Gasteiger partial charge is 0.0728 e. The molecular formula is C55H36N2. The molecule has 2 aliphatic carbocycles. The minimum Gasteiger partial charge on any atom is -0.309 e. The van der Waals surface area contributed by atoms with Crippen LogP contribution < -0.4 is 0 Å². The van der Waals surface area contributed by atoms with E-state index in [2.05, 4.69) is 217 Å². The molecule has 0 N–H and O–H groups in total. The number of para-hydroxylation sites is 1. The van der Waals surface area contributed by atoms with Gasteiger partial charge in [-0.15, -0.1) is 0 Å². The minimum atomic E-state index is -0.525. The summed E-state index contributed by atoms with van der Waals surface area (Å²) in [6, 6.07) is 76.5. The van der Waals surface area contributed by atoms with Crippen molar-refractivity contribution >= 4 is 21.8 Å². The number of fused-ring (bicyclic) bond motifs is 9. The number of hydrogen-bond acceptors (Lipinski definition) is 1. The zero-order valence-corrected chi connectivity index (χ0v) is 31.2. The van der Waals surface area contributed by atoms with Crippen molar-refractivity contribution in [1.29, 1.82) is 0 Å². The molecule has 10 aromatic rings. The van der Waals surface area contributed by atoms with Crippen molar-refractivity contribution in [2.75, 3.05) is 0 Å².